The molecule has 0 radical (unpaired) electrons. The zero-order chi connectivity index (χ0) is 15.3. The Morgan fingerprint density at radius 1 is 0.952 bits per heavy atom. The molecule has 0 saturated carbocycles. The Bertz CT molecular complexity index is 580. The Labute approximate surface area is 125 Å². The van der Waals surface area contributed by atoms with E-state index >= 15 is 0 Å². The van der Waals surface area contributed by atoms with Gasteiger partial charge in [0.1, 0.15) is 12.4 Å². The molecule has 3 heteroatoms. The molecule has 2 rings (SSSR count). The van der Waals surface area contributed by atoms with Crippen LogP contribution < -0.4 is 4.74 Å². The molecule has 110 valence electrons. The Kier molecular flexibility index (Phi) is 4.63. The fourth-order valence-corrected chi connectivity index (χ4v) is 1.87. The first-order valence-electron chi connectivity index (χ1n) is 6.94. The summed E-state index contributed by atoms with van der Waals surface area (Å²) in [5, 5.41) is 0. The van der Waals surface area contributed by atoms with Gasteiger partial charge in [0, 0.05) is 0 Å². The van der Waals surface area contributed by atoms with E-state index in [4.69, 9.17) is 9.47 Å². The van der Waals surface area contributed by atoms with Crippen LogP contribution in [0.25, 0.3) is 0 Å². The van der Waals surface area contributed by atoms with Gasteiger partial charge in [-0.3, -0.25) is 0 Å². The molecule has 0 aromatic heterocycles. The van der Waals surface area contributed by atoms with Gasteiger partial charge in [-0.1, -0.05) is 63.2 Å². The molecular weight excluding hydrogens is 264 g/mol. The van der Waals surface area contributed by atoms with Gasteiger partial charge in [-0.2, -0.15) is 0 Å². The van der Waals surface area contributed by atoms with E-state index in [1.807, 2.05) is 42.5 Å². The minimum Gasteiger partial charge on any atom is -0.429 e. The highest BCUT2D eigenvalue weighted by Gasteiger charge is 2.14. The number of benzene rings is 2. The van der Waals surface area contributed by atoms with Gasteiger partial charge >= 0.3 is 6.16 Å². The average Bonchev–Trinajstić information content (AvgIpc) is 2.46. The molecule has 0 saturated heterocycles. The first-order valence-corrected chi connectivity index (χ1v) is 6.94. The molecular formula is C18H20O3. The molecule has 0 N–H and O–H groups in total. The SMILES string of the molecule is CC(C)(C)c1ccc(OC(=O)OCc2ccccc2)cc1. The van der Waals surface area contributed by atoms with E-state index in [-0.39, 0.29) is 12.0 Å². The highest BCUT2D eigenvalue weighted by Crippen LogP contribution is 2.24. The maximum atomic E-state index is 11.6. The van der Waals surface area contributed by atoms with Crippen LogP contribution in [0.4, 0.5) is 4.79 Å². The predicted octanol–water partition coefficient (Wildman–Crippen LogP) is 4.70. The lowest BCUT2D eigenvalue weighted by molar-refractivity contribution is 0.0928. The van der Waals surface area contributed by atoms with E-state index < -0.39 is 6.16 Å². The molecule has 0 aliphatic rings. The summed E-state index contributed by atoms with van der Waals surface area (Å²) < 4.78 is 10.2. The van der Waals surface area contributed by atoms with E-state index in [2.05, 4.69) is 20.8 Å². The number of hydrogen-bond acceptors (Lipinski definition) is 3. The zero-order valence-electron chi connectivity index (χ0n) is 12.6. The van der Waals surface area contributed by atoms with Gasteiger partial charge in [0.2, 0.25) is 0 Å². The third-order valence-electron chi connectivity index (χ3n) is 3.12. The Hall–Kier alpha value is -2.29. The van der Waals surface area contributed by atoms with Crippen molar-refractivity contribution in [1.29, 1.82) is 0 Å². The zero-order valence-corrected chi connectivity index (χ0v) is 12.6. The van der Waals surface area contributed by atoms with Crippen molar-refractivity contribution in [2.75, 3.05) is 0 Å². The van der Waals surface area contributed by atoms with Crippen LogP contribution in [0.15, 0.2) is 54.6 Å². The minimum absolute atomic E-state index is 0.0757. The second-order valence-electron chi connectivity index (χ2n) is 5.90. The van der Waals surface area contributed by atoms with Crippen LogP contribution in [0.5, 0.6) is 5.75 Å². The van der Waals surface area contributed by atoms with Gasteiger partial charge in [-0.05, 0) is 28.7 Å². The second-order valence-corrected chi connectivity index (χ2v) is 5.90. The van der Waals surface area contributed by atoms with E-state index in [0.717, 1.165) is 5.56 Å². The molecule has 2 aromatic carbocycles. The van der Waals surface area contributed by atoms with Crippen molar-refractivity contribution in [2.45, 2.75) is 32.8 Å². The van der Waals surface area contributed by atoms with Gasteiger partial charge in [0.15, 0.2) is 0 Å². The number of ether oxygens (including phenoxy) is 2. The quantitative estimate of drug-likeness (QED) is 0.605. The summed E-state index contributed by atoms with van der Waals surface area (Å²) in [4.78, 5) is 11.6. The summed E-state index contributed by atoms with van der Waals surface area (Å²) in [5.74, 6) is 0.487. The molecule has 0 spiro atoms. The number of carbonyl (C=O) groups is 1. The minimum atomic E-state index is -0.692. The van der Waals surface area contributed by atoms with Gasteiger partial charge in [-0.15, -0.1) is 0 Å². The van der Waals surface area contributed by atoms with Gasteiger partial charge in [-0.25, -0.2) is 4.79 Å². The van der Waals surface area contributed by atoms with Crippen LogP contribution in [-0.4, -0.2) is 6.16 Å². The molecule has 21 heavy (non-hydrogen) atoms. The first-order chi connectivity index (χ1) is 9.95. The van der Waals surface area contributed by atoms with Crippen LogP contribution in [-0.2, 0) is 16.8 Å². The van der Waals surface area contributed by atoms with Crippen molar-refractivity contribution in [2.24, 2.45) is 0 Å². The van der Waals surface area contributed by atoms with E-state index in [0.29, 0.717) is 5.75 Å². The molecule has 0 aliphatic carbocycles. The van der Waals surface area contributed by atoms with E-state index in [9.17, 15) is 4.79 Å². The summed E-state index contributed by atoms with van der Waals surface area (Å²) in [6.45, 7) is 6.62. The normalized spacial score (nSPS) is 11.0. The van der Waals surface area contributed by atoms with Crippen LogP contribution in [0.2, 0.25) is 0 Å². The molecule has 0 atom stereocenters. The van der Waals surface area contributed by atoms with Gasteiger partial charge in [0.05, 0.1) is 0 Å². The van der Waals surface area contributed by atoms with Crippen molar-refractivity contribution in [3.63, 3.8) is 0 Å². The van der Waals surface area contributed by atoms with Crippen LogP contribution in [0.1, 0.15) is 31.9 Å². The maximum Gasteiger partial charge on any atom is 0.514 e. The molecule has 0 unspecified atom stereocenters. The van der Waals surface area contributed by atoms with Crippen LogP contribution in [0.3, 0.4) is 0 Å². The molecule has 0 amide bonds. The topological polar surface area (TPSA) is 35.5 Å². The maximum absolute atomic E-state index is 11.6. The predicted molar refractivity (Wildman–Crippen MR) is 82.4 cm³/mol. The summed E-state index contributed by atoms with van der Waals surface area (Å²) in [6.07, 6.45) is -0.692. The Balaban J connectivity index is 1.88. The fourth-order valence-electron chi connectivity index (χ4n) is 1.87. The van der Waals surface area contributed by atoms with Crippen LogP contribution in [0, 0.1) is 0 Å². The van der Waals surface area contributed by atoms with Gasteiger partial charge < -0.3 is 9.47 Å². The Morgan fingerprint density at radius 2 is 1.57 bits per heavy atom. The molecule has 0 fully saturated rings. The number of carbonyl (C=O) groups excluding carboxylic acids is 1. The van der Waals surface area contributed by atoms with Crippen LogP contribution >= 0.6 is 0 Å². The third kappa shape index (κ3) is 4.63. The number of hydrogen-bond donors (Lipinski definition) is 0. The molecule has 0 aliphatic heterocycles. The summed E-state index contributed by atoms with van der Waals surface area (Å²) in [5.41, 5.74) is 2.19. The summed E-state index contributed by atoms with van der Waals surface area (Å²) in [7, 11) is 0. The van der Waals surface area contributed by atoms with Crippen molar-refractivity contribution in [3.05, 3.63) is 65.7 Å². The second kappa shape index (κ2) is 6.44. The van der Waals surface area contributed by atoms with E-state index in [1.165, 1.54) is 5.56 Å². The largest absolute Gasteiger partial charge is 0.514 e. The summed E-state index contributed by atoms with van der Waals surface area (Å²) >= 11 is 0. The molecule has 2 aromatic rings. The van der Waals surface area contributed by atoms with Crippen molar-refractivity contribution in [1.82, 2.24) is 0 Å². The lowest BCUT2D eigenvalue weighted by Crippen LogP contribution is -2.12. The third-order valence-corrected chi connectivity index (χ3v) is 3.12. The Morgan fingerprint density at radius 3 is 2.14 bits per heavy atom. The monoisotopic (exact) mass is 284 g/mol. The first kappa shape index (κ1) is 15.1. The van der Waals surface area contributed by atoms with Crippen molar-refractivity contribution < 1.29 is 14.3 Å². The lowest BCUT2D eigenvalue weighted by atomic mass is 9.87. The molecule has 0 heterocycles. The highest BCUT2D eigenvalue weighted by atomic mass is 16.7. The average molecular weight is 284 g/mol. The van der Waals surface area contributed by atoms with Crippen molar-refractivity contribution in [3.8, 4) is 5.75 Å². The molecule has 3 nitrogen and oxygen atoms in total. The van der Waals surface area contributed by atoms with Gasteiger partial charge in [0.25, 0.3) is 0 Å². The van der Waals surface area contributed by atoms with E-state index in [1.54, 1.807) is 12.1 Å². The summed E-state index contributed by atoms with van der Waals surface area (Å²) in [6, 6.07) is 17.0. The lowest BCUT2D eigenvalue weighted by Gasteiger charge is -2.18. The molecule has 0 bridgehead atoms. The standard InChI is InChI=1S/C18H20O3/c1-18(2,3)15-9-11-16(12-10-15)21-17(19)20-13-14-7-5-4-6-8-14/h4-12H,13H2,1-3H3. The fraction of sp³-hybridized carbons (Fsp3) is 0.278. The highest BCUT2D eigenvalue weighted by molar-refractivity contribution is 5.63. The number of rotatable bonds is 3. The van der Waals surface area contributed by atoms with Crippen molar-refractivity contribution >= 4 is 6.16 Å². The smallest absolute Gasteiger partial charge is 0.429 e.